The van der Waals surface area contributed by atoms with Crippen molar-refractivity contribution in [2.45, 2.75) is 19.3 Å². The lowest BCUT2D eigenvalue weighted by molar-refractivity contribution is -0.129. The molecular weight excluding hydrogens is 318 g/mol. The molecule has 7 heteroatoms. The fourth-order valence-corrected chi connectivity index (χ4v) is 2.69. The van der Waals surface area contributed by atoms with Crippen molar-refractivity contribution in [1.29, 1.82) is 0 Å². The zero-order valence-electron chi connectivity index (χ0n) is 13.9. The molecule has 0 radical (unpaired) electrons. The Morgan fingerprint density at radius 2 is 1.76 bits per heavy atom. The Bertz CT molecular complexity index is 712. The summed E-state index contributed by atoms with van der Waals surface area (Å²) in [4.78, 5) is 25.9. The molecule has 2 aromatic rings. The van der Waals surface area contributed by atoms with E-state index >= 15 is 0 Å². The van der Waals surface area contributed by atoms with E-state index in [2.05, 4.69) is 20.8 Å². The first-order valence-electron chi connectivity index (χ1n) is 8.44. The molecular formula is C18H21N5O2. The number of para-hydroxylation sites is 1. The number of hydrogen-bond acceptors (Lipinski definition) is 5. The highest BCUT2D eigenvalue weighted by molar-refractivity contribution is 6.02. The van der Waals surface area contributed by atoms with Crippen molar-refractivity contribution in [3.05, 3.63) is 48.2 Å². The Labute approximate surface area is 146 Å². The molecule has 25 heavy (non-hydrogen) atoms. The maximum atomic E-state index is 12.1. The Morgan fingerprint density at radius 3 is 2.44 bits per heavy atom. The highest BCUT2D eigenvalue weighted by atomic mass is 16.2. The summed E-state index contributed by atoms with van der Waals surface area (Å²) in [5.74, 6) is 0.400. The molecule has 1 aromatic carbocycles. The van der Waals surface area contributed by atoms with Crippen molar-refractivity contribution in [3.63, 3.8) is 0 Å². The van der Waals surface area contributed by atoms with Gasteiger partial charge < -0.3 is 15.5 Å². The van der Waals surface area contributed by atoms with Gasteiger partial charge in [0.05, 0.1) is 0 Å². The van der Waals surface area contributed by atoms with E-state index in [1.54, 1.807) is 24.3 Å². The number of rotatable bonds is 6. The maximum absolute atomic E-state index is 12.1. The number of nitrogens with one attached hydrogen (secondary N) is 2. The fourth-order valence-electron chi connectivity index (χ4n) is 2.69. The summed E-state index contributed by atoms with van der Waals surface area (Å²) < 4.78 is 0. The van der Waals surface area contributed by atoms with Crippen molar-refractivity contribution < 1.29 is 9.59 Å². The third-order valence-electron chi connectivity index (χ3n) is 4.03. The zero-order valence-corrected chi connectivity index (χ0v) is 13.9. The second-order valence-electron chi connectivity index (χ2n) is 5.89. The molecule has 0 spiro atoms. The van der Waals surface area contributed by atoms with Crippen LogP contribution in [-0.4, -0.2) is 46.5 Å². The number of likely N-dealkylation sites (tertiary alicyclic amines) is 1. The molecule has 1 aliphatic heterocycles. The smallest absolute Gasteiger partial charge is 0.276 e. The van der Waals surface area contributed by atoms with E-state index in [9.17, 15) is 9.59 Å². The second kappa shape index (κ2) is 8.23. The van der Waals surface area contributed by atoms with Crippen LogP contribution in [0.4, 0.5) is 11.5 Å². The van der Waals surface area contributed by atoms with Crippen LogP contribution in [0.2, 0.25) is 0 Å². The monoisotopic (exact) mass is 339 g/mol. The van der Waals surface area contributed by atoms with E-state index in [1.807, 2.05) is 23.1 Å². The summed E-state index contributed by atoms with van der Waals surface area (Å²) in [6.45, 7) is 2.23. The molecule has 2 heterocycles. The van der Waals surface area contributed by atoms with Crippen LogP contribution in [0.3, 0.4) is 0 Å². The summed E-state index contributed by atoms with van der Waals surface area (Å²) in [5, 5.41) is 13.7. The van der Waals surface area contributed by atoms with E-state index < -0.39 is 0 Å². The SMILES string of the molecule is O=C(Nc1ccccc1)c1ccc(NCCC(=O)N2CCCC2)nn1. The van der Waals surface area contributed by atoms with Gasteiger partial charge in [-0.25, -0.2) is 0 Å². The average molecular weight is 339 g/mol. The predicted molar refractivity (Wildman–Crippen MR) is 95.3 cm³/mol. The first kappa shape index (κ1) is 16.9. The minimum absolute atomic E-state index is 0.164. The molecule has 0 atom stereocenters. The topological polar surface area (TPSA) is 87.2 Å². The summed E-state index contributed by atoms with van der Waals surface area (Å²) in [7, 11) is 0. The van der Waals surface area contributed by atoms with Gasteiger partial charge in [-0.05, 0) is 37.1 Å². The maximum Gasteiger partial charge on any atom is 0.276 e. The van der Waals surface area contributed by atoms with Crippen molar-refractivity contribution in [1.82, 2.24) is 15.1 Å². The lowest BCUT2D eigenvalue weighted by atomic mass is 10.3. The van der Waals surface area contributed by atoms with Crippen molar-refractivity contribution in [3.8, 4) is 0 Å². The third-order valence-corrected chi connectivity index (χ3v) is 4.03. The van der Waals surface area contributed by atoms with Gasteiger partial charge in [-0.1, -0.05) is 18.2 Å². The molecule has 0 unspecified atom stereocenters. The molecule has 1 fully saturated rings. The molecule has 1 saturated heterocycles. The summed E-state index contributed by atoms with van der Waals surface area (Å²) in [5.41, 5.74) is 0.944. The number of aromatic nitrogens is 2. The molecule has 0 bridgehead atoms. The average Bonchev–Trinajstić information content (AvgIpc) is 3.18. The van der Waals surface area contributed by atoms with Crippen LogP contribution in [0.1, 0.15) is 29.8 Å². The molecule has 0 aliphatic carbocycles. The van der Waals surface area contributed by atoms with Gasteiger partial charge in [0.2, 0.25) is 5.91 Å². The third kappa shape index (κ3) is 4.76. The Kier molecular flexibility index (Phi) is 5.56. The summed E-state index contributed by atoms with van der Waals surface area (Å²) in [6, 6.07) is 12.5. The van der Waals surface area contributed by atoms with Crippen molar-refractivity contribution in [2.75, 3.05) is 30.3 Å². The standard InChI is InChI=1S/C18H21N5O2/c24-17(23-12-4-5-13-23)10-11-19-16-9-8-15(21-22-16)18(25)20-14-6-2-1-3-7-14/h1-3,6-9H,4-5,10-13H2,(H,19,22)(H,20,25). The molecule has 1 aliphatic rings. The van der Waals surface area contributed by atoms with Gasteiger partial charge in [-0.2, -0.15) is 0 Å². The van der Waals surface area contributed by atoms with E-state index in [0.29, 0.717) is 24.5 Å². The molecule has 2 amide bonds. The molecule has 3 rings (SSSR count). The Morgan fingerprint density at radius 1 is 1.00 bits per heavy atom. The second-order valence-corrected chi connectivity index (χ2v) is 5.89. The molecule has 1 aromatic heterocycles. The normalized spacial score (nSPS) is 13.5. The zero-order chi connectivity index (χ0) is 17.5. The number of benzene rings is 1. The molecule has 7 nitrogen and oxygen atoms in total. The lowest BCUT2D eigenvalue weighted by Crippen LogP contribution is -2.29. The van der Waals surface area contributed by atoms with E-state index in [1.165, 1.54) is 0 Å². The molecule has 2 N–H and O–H groups in total. The number of carbonyl (C=O) groups excluding carboxylic acids is 2. The number of nitrogens with zero attached hydrogens (tertiary/aromatic N) is 3. The number of anilines is 2. The van der Waals surface area contributed by atoms with Crippen LogP contribution in [-0.2, 0) is 4.79 Å². The van der Waals surface area contributed by atoms with Gasteiger partial charge in [-0.3, -0.25) is 9.59 Å². The first-order valence-corrected chi connectivity index (χ1v) is 8.44. The van der Waals surface area contributed by atoms with Crippen LogP contribution in [0.15, 0.2) is 42.5 Å². The summed E-state index contributed by atoms with van der Waals surface area (Å²) >= 11 is 0. The number of carbonyl (C=O) groups is 2. The van der Waals surface area contributed by atoms with Crippen molar-refractivity contribution in [2.24, 2.45) is 0 Å². The molecule has 0 saturated carbocycles. The van der Waals surface area contributed by atoms with E-state index in [4.69, 9.17) is 0 Å². The summed E-state index contributed by atoms with van der Waals surface area (Å²) in [6.07, 6.45) is 2.62. The van der Waals surface area contributed by atoms with Crippen LogP contribution >= 0.6 is 0 Å². The number of hydrogen-bond donors (Lipinski definition) is 2. The van der Waals surface area contributed by atoms with Gasteiger partial charge in [-0.15, -0.1) is 10.2 Å². The van der Waals surface area contributed by atoms with Crippen LogP contribution in [0.5, 0.6) is 0 Å². The highest BCUT2D eigenvalue weighted by Gasteiger charge is 2.17. The van der Waals surface area contributed by atoms with E-state index in [0.717, 1.165) is 25.9 Å². The van der Waals surface area contributed by atoms with Gasteiger partial charge in [0, 0.05) is 31.7 Å². The fraction of sp³-hybridized carbons (Fsp3) is 0.333. The Hall–Kier alpha value is -2.96. The van der Waals surface area contributed by atoms with Crippen LogP contribution in [0.25, 0.3) is 0 Å². The Balaban J connectivity index is 1.46. The van der Waals surface area contributed by atoms with Crippen LogP contribution < -0.4 is 10.6 Å². The van der Waals surface area contributed by atoms with Gasteiger partial charge in [0.1, 0.15) is 5.82 Å². The van der Waals surface area contributed by atoms with Gasteiger partial charge >= 0.3 is 0 Å². The van der Waals surface area contributed by atoms with E-state index in [-0.39, 0.29) is 17.5 Å². The lowest BCUT2D eigenvalue weighted by Gasteiger charge is -2.15. The minimum atomic E-state index is -0.311. The largest absolute Gasteiger partial charge is 0.368 e. The quantitative estimate of drug-likeness (QED) is 0.842. The van der Waals surface area contributed by atoms with Gasteiger partial charge in [0.25, 0.3) is 5.91 Å². The minimum Gasteiger partial charge on any atom is -0.368 e. The van der Waals surface area contributed by atoms with Gasteiger partial charge in [0.15, 0.2) is 5.69 Å². The van der Waals surface area contributed by atoms with Crippen LogP contribution in [0, 0.1) is 0 Å². The first-order chi connectivity index (χ1) is 12.2. The van der Waals surface area contributed by atoms with Crippen molar-refractivity contribution >= 4 is 23.3 Å². The predicted octanol–water partition coefficient (Wildman–Crippen LogP) is 2.15. The highest BCUT2D eigenvalue weighted by Crippen LogP contribution is 2.10. The molecule has 130 valence electrons. The number of amides is 2.